The molecule has 1 fully saturated rings. The van der Waals surface area contributed by atoms with Gasteiger partial charge in [0.15, 0.2) is 0 Å². The number of thioether (sulfide) groups is 1. The molecule has 0 heterocycles. The summed E-state index contributed by atoms with van der Waals surface area (Å²) >= 11 is 1.31. The van der Waals surface area contributed by atoms with Crippen molar-refractivity contribution in [2.45, 2.75) is 71.1 Å². The molecule has 0 amide bonds. The molecule has 3 N–H and O–H groups in total. The summed E-state index contributed by atoms with van der Waals surface area (Å²) in [6, 6.07) is 6.69. The van der Waals surface area contributed by atoms with Crippen LogP contribution in [-0.2, 0) is 11.8 Å². The molecule has 148 valence electrons. The molecule has 4 heteroatoms. The van der Waals surface area contributed by atoms with Crippen molar-refractivity contribution in [1.29, 1.82) is 10.8 Å². The van der Waals surface area contributed by atoms with Crippen LogP contribution in [0.5, 0.6) is 0 Å². The zero-order chi connectivity index (χ0) is 19.7. The summed E-state index contributed by atoms with van der Waals surface area (Å²) in [6.45, 7) is 7.19. The lowest BCUT2D eigenvalue weighted by Gasteiger charge is -2.49. The van der Waals surface area contributed by atoms with Crippen molar-refractivity contribution in [2.24, 2.45) is 11.3 Å². The summed E-state index contributed by atoms with van der Waals surface area (Å²) in [4.78, 5) is 0. The highest BCUT2D eigenvalue weighted by Crippen LogP contribution is 2.52. The smallest absolute Gasteiger partial charge is 0.100 e. The Morgan fingerprint density at radius 2 is 2.00 bits per heavy atom. The van der Waals surface area contributed by atoms with E-state index in [0.29, 0.717) is 10.1 Å². The van der Waals surface area contributed by atoms with Crippen LogP contribution in [0.4, 0.5) is 0 Å². The average Bonchev–Trinajstić information content (AvgIpc) is 2.65. The molecule has 1 aromatic carbocycles. The normalized spacial score (nSPS) is 24.8. The first-order chi connectivity index (χ1) is 12.8. The van der Waals surface area contributed by atoms with E-state index in [4.69, 9.17) is 10.8 Å². The predicted molar refractivity (Wildman–Crippen MR) is 119 cm³/mol. The molecule has 1 aromatic rings. The third kappa shape index (κ3) is 4.17. The lowest BCUT2D eigenvalue weighted by atomic mass is 9.55. The van der Waals surface area contributed by atoms with Crippen molar-refractivity contribution < 1.29 is 0 Å². The maximum Gasteiger partial charge on any atom is 0.100 e. The number of nitrogens with one attached hydrogen (secondary N) is 3. The van der Waals surface area contributed by atoms with Crippen LogP contribution in [0.2, 0.25) is 0 Å². The lowest BCUT2D eigenvalue weighted by molar-refractivity contribution is 0.148. The number of fused-ring (bicyclic) bond motifs is 3. The second-order valence-corrected chi connectivity index (χ2v) is 10.4. The molecule has 0 radical (unpaired) electrons. The number of aryl methyl sites for hydroxylation is 1. The molecule has 0 spiro atoms. The molecule has 0 saturated heterocycles. The van der Waals surface area contributed by atoms with Gasteiger partial charge in [-0.05, 0) is 74.2 Å². The van der Waals surface area contributed by atoms with Crippen LogP contribution in [0.25, 0.3) is 0 Å². The molecule has 0 bridgehead atoms. The molecule has 3 nitrogen and oxygen atoms in total. The summed E-state index contributed by atoms with van der Waals surface area (Å²) in [6.07, 6.45) is 9.03. The van der Waals surface area contributed by atoms with E-state index in [1.165, 1.54) is 67.8 Å². The molecule has 2 atom stereocenters. The molecule has 0 aromatic heterocycles. The summed E-state index contributed by atoms with van der Waals surface area (Å²) in [5, 5.41) is 21.4. The third-order valence-electron chi connectivity index (χ3n) is 6.58. The van der Waals surface area contributed by atoms with E-state index in [0.717, 1.165) is 18.0 Å². The second kappa shape index (κ2) is 8.08. The van der Waals surface area contributed by atoms with Crippen LogP contribution >= 0.6 is 11.8 Å². The molecular weight excluding hydrogens is 350 g/mol. The first-order valence-electron chi connectivity index (χ1n) is 10.4. The second-order valence-electron chi connectivity index (χ2n) is 9.37. The standard InChI is InChI=1S/C23H35N3S/c1-22(2,3)21(25)27-20(24)17-9-8-16-10-11-18-7-5-6-12-23(18,13-14-26-4)19(16)15-17/h8-9,15,18,24-26H,5-7,10-14H2,1-4H3/t18?,23-/m0/s1. The monoisotopic (exact) mass is 385 g/mol. The highest BCUT2D eigenvalue weighted by atomic mass is 32.2. The lowest BCUT2D eigenvalue weighted by Crippen LogP contribution is -2.43. The Morgan fingerprint density at radius 3 is 2.70 bits per heavy atom. The number of benzene rings is 1. The van der Waals surface area contributed by atoms with Gasteiger partial charge in [-0.3, -0.25) is 10.8 Å². The van der Waals surface area contributed by atoms with Gasteiger partial charge in [-0.25, -0.2) is 0 Å². The largest absolute Gasteiger partial charge is 0.320 e. The zero-order valence-corrected chi connectivity index (χ0v) is 18.2. The number of hydrogen-bond acceptors (Lipinski definition) is 4. The Morgan fingerprint density at radius 1 is 1.22 bits per heavy atom. The molecule has 2 aliphatic rings. The fraction of sp³-hybridized carbons (Fsp3) is 0.652. The predicted octanol–water partition coefficient (Wildman–Crippen LogP) is 5.75. The van der Waals surface area contributed by atoms with Gasteiger partial charge in [0.2, 0.25) is 0 Å². The highest BCUT2D eigenvalue weighted by Gasteiger charge is 2.44. The fourth-order valence-electron chi connectivity index (χ4n) is 4.94. The van der Waals surface area contributed by atoms with Gasteiger partial charge in [-0.2, -0.15) is 0 Å². The molecule has 1 saturated carbocycles. The van der Waals surface area contributed by atoms with Gasteiger partial charge in [0.1, 0.15) is 5.04 Å². The van der Waals surface area contributed by atoms with Crippen LogP contribution in [0.3, 0.4) is 0 Å². The van der Waals surface area contributed by atoms with E-state index in [9.17, 15) is 0 Å². The van der Waals surface area contributed by atoms with Crippen LogP contribution in [0.15, 0.2) is 18.2 Å². The van der Waals surface area contributed by atoms with E-state index in [1.54, 1.807) is 0 Å². The molecule has 3 rings (SSSR count). The van der Waals surface area contributed by atoms with E-state index in [2.05, 4.69) is 30.6 Å². The van der Waals surface area contributed by atoms with E-state index in [1.807, 2.05) is 20.8 Å². The summed E-state index contributed by atoms with van der Waals surface area (Å²) in [5.41, 5.74) is 4.08. The van der Waals surface area contributed by atoms with Gasteiger partial charge in [0.25, 0.3) is 0 Å². The third-order valence-corrected chi connectivity index (χ3v) is 7.84. The van der Waals surface area contributed by atoms with Crippen LogP contribution in [0, 0.1) is 22.2 Å². The van der Waals surface area contributed by atoms with E-state index < -0.39 is 0 Å². The fourth-order valence-corrected chi connectivity index (χ4v) is 5.70. The quantitative estimate of drug-likeness (QED) is 0.456. The van der Waals surface area contributed by atoms with Crippen LogP contribution in [-0.4, -0.2) is 23.7 Å². The zero-order valence-electron chi connectivity index (χ0n) is 17.4. The maximum atomic E-state index is 8.60. The van der Waals surface area contributed by atoms with Gasteiger partial charge in [0.05, 0.1) is 5.04 Å². The van der Waals surface area contributed by atoms with Crippen molar-refractivity contribution >= 4 is 21.8 Å². The van der Waals surface area contributed by atoms with E-state index >= 15 is 0 Å². The Bertz CT molecular complexity index is 719. The Labute approximate surface area is 169 Å². The van der Waals surface area contributed by atoms with Crippen molar-refractivity contribution in [3.8, 4) is 0 Å². The minimum absolute atomic E-state index is 0.201. The van der Waals surface area contributed by atoms with Crippen molar-refractivity contribution in [1.82, 2.24) is 5.32 Å². The van der Waals surface area contributed by atoms with Gasteiger partial charge >= 0.3 is 0 Å². The summed E-state index contributed by atoms with van der Waals surface area (Å²) in [7, 11) is 2.05. The Balaban J connectivity index is 1.94. The first kappa shape index (κ1) is 20.6. The van der Waals surface area contributed by atoms with Gasteiger partial charge in [-0.1, -0.05) is 57.5 Å². The number of hydrogen-bond donors (Lipinski definition) is 3. The minimum Gasteiger partial charge on any atom is -0.320 e. The van der Waals surface area contributed by atoms with Crippen molar-refractivity contribution in [3.63, 3.8) is 0 Å². The van der Waals surface area contributed by atoms with Gasteiger partial charge in [0, 0.05) is 11.0 Å². The molecular formula is C23H35N3S. The highest BCUT2D eigenvalue weighted by molar-refractivity contribution is 8.26. The van der Waals surface area contributed by atoms with Crippen LogP contribution in [0.1, 0.15) is 76.0 Å². The molecule has 0 aliphatic heterocycles. The molecule has 2 aliphatic carbocycles. The van der Waals surface area contributed by atoms with E-state index in [-0.39, 0.29) is 10.8 Å². The summed E-state index contributed by atoms with van der Waals surface area (Å²) in [5.74, 6) is 0.789. The molecule has 27 heavy (non-hydrogen) atoms. The van der Waals surface area contributed by atoms with Gasteiger partial charge in [-0.15, -0.1) is 0 Å². The van der Waals surface area contributed by atoms with Crippen LogP contribution < -0.4 is 5.32 Å². The Hall–Kier alpha value is -1.13. The minimum atomic E-state index is -0.201. The van der Waals surface area contributed by atoms with Crippen molar-refractivity contribution in [3.05, 3.63) is 34.9 Å². The van der Waals surface area contributed by atoms with Crippen molar-refractivity contribution in [2.75, 3.05) is 13.6 Å². The maximum absolute atomic E-state index is 8.60. The topological polar surface area (TPSA) is 59.7 Å². The van der Waals surface area contributed by atoms with Gasteiger partial charge < -0.3 is 5.32 Å². The average molecular weight is 386 g/mol. The number of rotatable bonds is 4. The first-order valence-corrected chi connectivity index (χ1v) is 11.2. The Kier molecular flexibility index (Phi) is 6.17. The SMILES string of the molecule is CNCC[C@@]12CCCCC1CCc1ccc(C(=N)SC(=N)C(C)(C)C)cc12. The summed E-state index contributed by atoms with van der Waals surface area (Å²) < 4.78 is 0. The molecule has 1 unspecified atom stereocenters.